The van der Waals surface area contributed by atoms with Crippen LogP contribution < -0.4 is 15.4 Å². The van der Waals surface area contributed by atoms with Gasteiger partial charge in [0, 0.05) is 19.6 Å². The van der Waals surface area contributed by atoms with Crippen LogP contribution in [0.15, 0.2) is 12.1 Å². The summed E-state index contributed by atoms with van der Waals surface area (Å²) in [6.07, 6.45) is 0. The van der Waals surface area contributed by atoms with E-state index in [4.69, 9.17) is 4.74 Å². The van der Waals surface area contributed by atoms with Gasteiger partial charge in [0.05, 0.1) is 12.6 Å². The van der Waals surface area contributed by atoms with E-state index in [2.05, 4.69) is 43.5 Å². The first-order valence-electron chi connectivity index (χ1n) is 6.19. The molecule has 94 valence electrons. The van der Waals surface area contributed by atoms with Crippen LogP contribution in [0.5, 0.6) is 5.75 Å². The molecule has 0 saturated carbocycles. The zero-order valence-corrected chi connectivity index (χ0v) is 11.2. The number of methoxy groups -OCH3 is 1. The molecule has 3 heteroatoms. The quantitative estimate of drug-likeness (QED) is 0.817. The van der Waals surface area contributed by atoms with Gasteiger partial charge >= 0.3 is 0 Å². The van der Waals surface area contributed by atoms with E-state index in [0.29, 0.717) is 0 Å². The van der Waals surface area contributed by atoms with Gasteiger partial charge in [0.2, 0.25) is 0 Å². The Bertz CT molecular complexity index is 409. The van der Waals surface area contributed by atoms with Gasteiger partial charge in [0.25, 0.3) is 0 Å². The van der Waals surface area contributed by atoms with E-state index in [-0.39, 0.29) is 5.54 Å². The molecule has 0 aliphatic carbocycles. The van der Waals surface area contributed by atoms with E-state index in [9.17, 15) is 0 Å². The van der Waals surface area contributed by atoms with Crippen LogP contribution >= 0.6 is 0 Å². The van der Waals surface area contributed by atoms with Crippen molar-refractivity contribution in [1.82, 2.24) is 10.6 Å². The predicted octanol–water partition coefficient (Wildman–Crippen LogP) is 1.72. The standard InChI is InChI=1S/C14H22N2O/c1-10-11(2)13(17-4)6-5-12(10)14(3)9-15-7-8-16-14/h5-6,15-16H,7-9H2,1-4H3. The minimum Gasteiger partial charge on any atom is -0.496 e. The lowest BCUT2D eigenvalue weighted by atomic mass is 9.85. The second kappa shape index (κ2) is 4.67. The molecule has 3 nitrogen and oxygen atoms in total. The highest BCUT2D eigenvalue weighted by Crippen LogP contribution is 2.31. The third kappa shape index (κ3) is 2.17. The summed E-state index contributed by atoms with van der Waals surface area (Å²) in [7, 11) is 1.73. The van der Waals surface area contributed by atoms with Crippen molar-refractivity contribution in [3.8, 4) is 5.75 Å². The lowest BCUT2D eigenvalue weighted by Gasteiger charge is -2.37. The second-order valence-corrected chi connectivity index (χ2v) is 5.00. The average molecular weight is 234 g/mol. The summed E-state index contributed by atoms with van der Waals surface area (Å²) in [5.74, 6) is 0.971. The van der Waals surface area contributed by atoms with Crippen LogP contribution in [-0.4, -0.2) is 26.7 Å². The first-order valence-corrected chi connectivity index (χ1v) is 6.19. The van der Waals surface area contributed by atoms with Gasteiger partial charge in [-0.05, 0) is 43.5 Å². The van der Waals surface area contributed by atoms with Crippen LogP contribution in [0.1, 0.15) is 23.6 Å². The summed E-state index contributed by atoms with van der Waals surface area (Å²) in [5.41, 5.74) is 3.95. The van der Waals surface area contributed by atoms with E-state index in [1.54, 1.807) is 7.11 Å². The highest BCUT2D eigenvalue weighted by Gasteiger charge is 2.30. The Kier molecular flexibility index (Phi) is 3.40. The summed E-state index contributed by atoms with van der Waals surface area (Å²) >= 11 is 0. The molecule has 2 N–H and O–H groups in total. The van der Waals surface area contributed by atoms with Gasteiger partial charge in [0.15, 0.2) is 0 Å². The first kappa shape index (κ1) is 12.4. The number of hydrogen-bond acceptors (Lipinski definition) is 3. The lowest BCUT2D eigenvalue weighted by molar-refractivity contribution is 0.301. The van der Waals surface area contributed by atoms with E-state index in [1.165, 1.54) is 16.7 Å². The molecule has 0 aromatic heterocycles. The summed E-state index contributed by atoms with van der Waals surface area (Å²) in [5, 5.41) is 7.07. The van der Waals surface area contributed by atoms with Gasteiger partial charge in [-0.3, -0.25) is 0 Å². The Morgan fingerprint density at radius 3 is 2.53 bits per heavy atom. The molecular weight excluding hydrogens is 212 g/mol. The van der Waals surface area contributed by atoms with Gasteiger partial charge in [-0.1, -0.05) is 6.07 Å². The zero-order valence-electron chi connectivity index (χ0n) is 11.2. The second-order valence-electron chi connectivity index (χ2n) is 5.00. The molecule has 1 aliphatic heterocycles. The molecule has 0 bridgehead atoms. The van der Waals surface area contributed by atoms with Crippen molar-refractivity contribution in [2.75, 3.05) is 26.7 Å². The fourth-order valence-electron chi connectivity index (χ4n) is 2.63. The number of piperazine rings is 1. The molecule has 1 unspecified atom stereocenters. The van der Waals surface area contributed by atoms with Gasteiger partial charge in [0.1, 0.15) is 5.75 Å². The molecule has 1 atom stereocenters. The van der Waals surface area contributed by atoms with Crippen molar-refractivity contribution in [2.24, 2.45) is 0 Å². The minimum atomic E-state index is 0.0271. The van der Waals surface area contributed by atoms with Crippen LogP contribution in [0.4, 0.5) is 0 Å². The highest BCUT2D eigenvalue weighted by atomic mass is 16.5. The van der Waals surface area contributed by atoms with Gasteiger partial charge < -0.3 is 15.4 Å². The molecule has 2 rings (SSSR count). The molecule has 17 heavy (non-hydrogen) atoms. The number of benzene rings is 1. The lowest BCUT2D eigenvalue weighted by Crippen LogP contribution is -2.55. The van der Waals surface area contributed by atoms with E-state index in [1.807, 2.05) is 0 Å². The smallest absolute Gasteiger partial charge is 0.122 e. The fourth-order valence-corrected chi connectivity index (χ4v) is 2.63. The molecule has 1 aliphatic rings. The SMILES string of the molecule is COc1ccc(C2(C)CNCCN2)c(C)c1C. The van der Waals surface area contributed by atoms with Crippen molar-refractivity contribution >= 4 is 0 Å². The monoisotopic (exact) mass is 234 g/mol. The fraction of sp³-hybridized carbons (Fsp3) is 0.571. The molecule has 1 saturated heterocycles. The highest BCUT2D eigenvalue weighted by molar-refractivity contribution is 5.46. The number of hydrogen-bond donors (Lipinski definition) is 2. The Hall–Kier alpha value is -1.06. The summed E-state index contributed by atoms with van der Waals surface area (Å²) in [6, 6.07) is 4.25. The van der Waals surface area contributed by atoms with Gasteiger partial charge in [-0.25, -0.2) is 0 Å². The number of ether oxygens (including phenoxy) is 1. The van der Waals surface area contributed by atoms with Crippen molar-refractivity contribution in [3.63, 3.8) is 0 Å². The number of nitrogens with one attached hydrogen (secondary N) is 2. The molecule has 1 aromatic rings. The van der Waals surface area contributed by atoms with E-state index < -0.39 is 0 Å². The molecule has 0 amide bonds. The maximum Gasteiger partial charge on any atom is 0.122 e. The van der Waals surface area contributed by atoms with Crippen molar-refractivity contribution in [2.45, 2.75) is 26.3 Å². The van der Waals surface area contributed by atoms with Crippen molar-refractivity contribution in [1.29, 1.82) is 0 Å². The topological polar surface area (TPSA) is 33.3 Å². The molecule has 1 heterocycles. The predicted molar refractivity (Wildman–Crippen MR) is 70.7 cm³/mol. The van der Waals surface area contributed by atoms with Crippen molar-refractivity contribution < 1.29 is 4.74 Å². The Morgan fingerprint density at radius 1 is 1.18 bits per heavy atom. The van der Waals surface area contributed by atoms with E-state index in [0.717, 1.165) is 25.4 Å². The number of rotatable bonds is 2. The van der Waals surface area contributed by atoms with Crippen LogP contribution in [0, 0.1) is 13.8 Å². The molecule has 0 radical (unpaired) electrons. The van der Waals surface area contributed by atoms with E-state index >= 15 is 0 Å². The first-order chi connectivity index (χ1) is 8.08. The molecule has 1 fully saturated rings. The Morgan fingerprint density at radius 2 is 1.94 bits per heavy atom. The Labute approximate surface area is 104 Å². The Balaban J connectivity index is 2.42. The minimum absolute atomic E-state index is 0.0271. The molecular formula is C14H22N2O. The van der Waals surface area contributed by atoms with Gasteiger partial charge in [-0.15, -0.1) is 0 Å². The largest absolute Gasteiger partial charge is 0.496 e. The maximum atomic E-state index is 5.37. The summed E-state index contributed by atoms with van der Waals surface area (Å²) in [4.78, 5) is 0. The summed E-state index contributed by atoms with van der Waals surface area (Å²) in [6.45, 7) is 9.59. The van der Waals surface area contributed by atoms with Crippen LogP contribution in [-0.2, 0) is 5.54 Å². The normalized spacial score (nSPS) is 24.7. The average Bonchev–Trinajstić information content (AvgIpc) is 2.33. The molecule has 0 spiro atoms. The third-order valence-corrected chi connectivity index (χ3v) is 3.85. The third-order valence-electron chi connectivity index (χ3n) is 3.85. The zero-order chi connectivity index (χ0) is 12.5. The molecule has 1 aromatic carbocycles. The maximum absolute atomic E-state index is 5.37. The van der Waals surface area contributed by atoms with Crippen molar-refractivity contribution in [3.05, 3.63) is 28.8 Å². The van der Waals surface area contributed by atoms with Crippen LogP contribution in [0.25, 0.3) is 0 Å². The van der Waals surface area contributed by atoms with Crippen LogP contribution in [0.3, 0.4) is 0 Å². The van der Waals surface area contributed by atoms with Crippen LogP contribution in [0.2, 0.25) is 0 Å². The van der Waals surface area contributed by atoms with Gasteiger partial charge in [-0.2, -0.15) is 0 Å². The summed E-state index contributed by atoms with van der Waals surface area (Å²) < 4.78 is 5.37.